The molecule has 0 bridgehead atoms. The average Bonchev–Trinajstić information content (AvgIpc) is 2.85. The maximum Gasteiger partial charge on any atom is 0.265 e. The SMILES string of the molecule is Cc1ccc(C(=O)Nc2ccc(F)cc2C#CCO)s1. The maximum absolute atomic E-state index is 13.2. The summed E-state index contributed by atoms with van der Waals surface area (Å²) in [7, 11) is 0. The van der Waals surface area contributed by atoms with Gasteiger partial charge in [-0.15, -0.1) is 11.3 Å². The van der Waals surface area contributed by atoms with Gasteiger partial charge in [-0.05, 0) is 37.3 Å². The van der Waals surface area contributed by atoms with Crippen molar-refractivity contribution in [3.05, 3.63) is 51.5 Å². The highest BCUT2D eigenvalue weighted by Gasteiger charge is 2.10. The monoisotopic (exact) mass is 289 g/mol. The van der Waals surface area contributed by atoms with E-state index in [1.54, 1.807) is 6.07 Å². The van der Waals surface area contributed by atoms with Crippen LogP contribution in [0.4, 0.5) is 10.1 Å². The van der Waals surface area contributed by atoms with Gasteiger partial charge in [0.25, 0.3) is 5.91 Å². The normalized spacial score (nSPS) is 9.75. The van der Waals surface area contributed by atoms with Crippen LogP contribution in [0.3, 0.4) is 0 Å². The Hall–Kier alpha value is -2.16. The van der Waals surface area contributed by atoms with Crippen LogP contribution in [0.15, 0.2) is 30.3 Å². The van der Waals surface area contributed by atoms with Gasteiger partial charge in [0.15, 0.2) is 0 Å². The Labute approximate surface area is 120 Å². The van der Waals surface area contributed by atoms with Crippen LogP contribution in [0.5, 0.6) is 0 Å². The fourth-order valence-corrected chi connectivity index (χ4v) is 2.37. The summed E-state index contributed by atoms with van der Waals surface area (Å²) in [5.74, 6) is 4.34. The Morgan fingerprint density at radius 2 is 2.20 bits per heavy atom. The lowest BCUT2D eigenvalue weighted by molar-refractivity contribution is 0.103. The fraction of sp³-hybridized carbons (Fsp3) is 0.133. The number of hydrogen-bond donors (Lipinski definition) is 2. The number of aliphatic hydroxyl groups is 1. The van der Waals surface area contributed by atoms with E-state index in [1.807, 2.05) is 13.0 Å². The van der Waals surface area contributed by atoms with Gasteiger partial charge in [-0.25, -0.2) is 4.39 Å². The van der Waals surface area contributed by atoms with Crippen molar-refractivity contribution < 1.29 is 14.3 Å². The van der Waals surface area contributed by atoms with E-state index in [0.717, 1.165) is 4.88 Å². The second-order valence-electron chi connectivity index (χ2n) is 4.01. The maximum atomic E-state index is 13.2. The van der Waals surface area contributed by atoms with E-state index < -0.39 is 5.82 Å². The van der Waals surface area contributed by atoms with Crippen molar-refractivity contribution >= 4 is 22.9 Å². The van der Waals surface area contributed by atoms with Crippen molar-refractivity contribution in [1.29, 1.82) is 0 Å². The standard InChI is InChI=1S/C15H12FNO2S/c1-10-4-7-14(20-10)15(19)17-13-6-5-12(16)9-11(13)3-2-8-18/h4-7,9,18H,8H2,1H3,(H,17,19). The molecule has 1 amide bonds. The largest absolute Gasteiger partial charge is 0.384 e. The molecule has 102 valence electrons. The highest BCUT2D eigenvalue weighted by atomic mass is 32.1. The van der Waals surface area contributed by atoms with Gasteiger partial charge in [0, 0.05) is 4.88 Å². The summed E-state index contributed by atoms with van der Waals surface area (Å²) in [6, 6.07) is 7.51. The molecule has 0 atom stereocenters. The van der Waals surface area contributed by atoms with Crippen LogP contribution >= 0.6 is 11.3 Å². The molecular weight excluding hydrogens is 277 g/mol. The summed E-state index contributed by atoms with van der Waals surface area (Å²) in [5.41, 5.74) is 0.754. The minimum absolute atomic E-state index is 0.262. The molecule has 0 aliphatic rings. The summed E-state index contributed by atoms with van der Waals surface area (Å²) in [5, 5.41) is 11.4. The van der Waals surface area contributed by atoms with Crippen LogP contribution in [0.25, 0.3) is 0 Å². The molecule has 2 N–H and O–H groups in total. The molecule has 5 heteroatoms. The molecule has 0 aliphatic heterocycles. The molecule has 0 spiro atoms. The van der Waals surface area contributed by atoms with Crippen LogP contribution in [0, 0.1) is 24.6 Å². The Morgan fingerprint density at radius 3 is 2.85 bits per heavy atom. The van der Waals surface area contributed by atoms with Crippen molar-refractivity contribution in [1.82, 2.24) is 0 Å². The Morgan fingerprint density at radius 1 is 1.40 bits per heavy atom. The van der Waals surface area contributed by atoms with Gasteiger partial charge in [0.1, 0.15) is 12.4 Å². The lowest BCUT2D eigenvalue weighted by Gasteiger charge is -2.06. The van der Waals surface area contributed by atoms with Crippen molar-refractivity contribution in [3.8, 4) is 11.8 Å². The van der Waals surface area contributed by atoms with E-state index in [-0.39, 0.29) is 12.5 Å². The molecule has 1 aromatic carbocycles. The summed E-state index contributed by atoms with van der Waals surface area (Å²) in [6.45, 7) is 1.59. The van der Waals surface area contributed by atoms with Gasteiger partial charge < -0.3 is 10.4 Å². The summed E-state index contributed by atoms with van der Waals surface area (Å²) >= 11 is 1.38. The number of hydrogen-bond acceptors (Lipinski definition) is 3. The molecule has 3 nitrogen and oxygen atoms in total. The molecule has 1 aromatic heterocycles. The zero-order valence-electron chi connectivity index (χ0n) is 10.7. The second-order valence-corrected chi connectivity index (χ2v) is 5.30. The van der Waals surface area contributed by atoms with Crippen LogP contribution in [-0.4, -0.2) is 17.6 Å². The number of carbonyl (C=O) groups excluding carboxylic acids is 1. The first kappa shape index (κ1) is 14.3. The zero-order chi connectivity index (χ0) is 14.5. The quantitative estimate of drug-likeness (QED) is 0.835. The van der Waals surface area contributed by atoms with Crippen molar-refractivity contribution in [3.63, 3.8) is 0 Å². The molecule has 0 saturated heterocycles. The van der Waals surface area contributed by atoms with Crippen molar-refractivity contribution in [2.45, 2.75) is 6.92 Å². The van der Waals surface area contributed by atoms with Gasteiger partial charge in [-0.1, -0.05) is 11.8 Å². The first-order chi connectivity index (χ1) is 9.60. The number of benzene rings is 1. The van der Waals surface area contributed by atoms with Crippen LogP contribution in [-0.2, 0) is 0 Å². The van der Waals surface area contributed by atoms with Gasteiger partial charge in [-0.2, -0.15) is 0 Å². The second kappa shape index (κ2) is 6.33. The average molecular weight is 289 g/mol. The zero-order valence-corrected chi connectivity index (χ0v) is 11.6. The third kappa shape index (κ3) is 3.44. The Balaban J connectivity index is 2.26. The number of aryl methyl sites for hydroxylation is 1. The molecule has 2 rings (SSSR count). The molecule has 0 fully saturated rings. The number of rotatable bonds is 2. The minimum atomic E-state index is -0.447. The van der Waals surface area contributed by atoms with Crippen LogP contribution < -0.4 is 5.32 Å². The summed E-state index contributed by atoms with van der Waals surface area (Å²) < 4.78 is 13.2. The molecule has 2 aromatic rings. The fourth-order valence-electron chi connectivity index (χ4n) is 1.60. The number of amides is 1. The van der Waals surface area contributed by atoms with E-state index in [9.17, 15) is 9.18 Å². The molecule has 1 heterocycles. The number of anilines is 1. The van der Waals surface area contributed by atoms with Crippen molar-refractivity contribution in [2.24, 2.45) is 0 Å². The van der Waals surface area contributed by atoms with Gasteiger partial charge >= 0.3 is 0 Å². The van der Waals surface area contributed by atoms with E-state index in [4.69, 9.17) is 5.11 Å². The number of nitrogens with one attached hydrogen (secondary N) is 1. The molecule has 20 heavy (non-hydrogen) atoms. The topological polar surface area (TPSA) is 49.3 Å². The summed E-state index contributed by atoms with van der Waals surface area (Å²) in [6.07, 6.45) is 0. The lowest BCUT2D eigenvalue weighted by atomic mass is 10.1. The third-order valence-corrected chi connectivity index (χ3v) is 3.50. The molecule has 0 aliphatic carbocycles. The van der Waals surface area contributed by atoms with Gasteiger partial charge in [-0.3, -0.25) is 4.79 Å². The number of carbonyl (C=O) groups is 1. The van der Waals surface area contributed by atoms with E-state index in [2.05, 4.69) is 17.2 Å². The Bertz CT molecular complexity index is 697. The third-order valence-electron chi connectivity index (χ3n) is 2.50. The lowest BCUT2D eigenvalue weighted by Crippen LogP contribution is -2.11. The van der Waals surface area contributed by atoms with E-state index in [0.29, 0.717) is 16.1 Å². The minimum Gasteiger partial charge on any atom is -0.384 e. The predicted molar refractivity (Wildman–Crippen MR) is 77.4 cm³/mol. The van der Waals surface area contributed by atoms with Gasteiger partial charge in [0.05, 0.1) is 16.1 Å². The highest BCUT2D eigenvalue weighted by molar-refractivity contribution is 7.14. The van der Waals surface area contributed by atoms with Crippen molar-refractivity contribution in [2.75, 3.05) is 11.9 Å². The Kier molecular flexibility index (Phi) is 4.51. The number of aliphatic hydroxyl groups excluding tert-OH is 1. The molecule has 0 unspecified atom stereocenters. The number of halogens is 1. The summed E-state index contributed by atoms with van der Waals surface area (Å²) in [4.78, 5) is 13.7. The van der Waals surface area contributed by atoms with E-state index in [1.165, 1.54) is 29.5 Å². The number of thiophene rings is 1. The van der Waals surface area contributed by atoms with E-state index >= 15 is 0 Å². The molecule has 0 saturated carbocycles. The highest BCUT2D eigenvalue weighted by Crippen LogP contribution is 2.20. The first-order valence-electron chi connectivity index (χ1n) is 5.87. The smallest absolute Gasteiger partial charge is 0.265 e. The molecule has 0 radical (unpaired) electrons. The predicted octanol–water partition coefficient (Wildman–Crippen LogP) is 2.79. The first-order valence-corrected chi connectivity index (χ1v) is 6.69. The molecular formula is C15H12FNO2S. The van der Waals surface area contributed by atoms with Crippen LogP contribution in [0.1, 0.15) is 20.1 Å². The van der Waals surface area contributed by atoms with Gasteiger partial charge in [0.2, 0.25) is 0 Å². The van der Waals surface area contributed by atoms with Crippen LogP contribution in [0.2, 0.25) is 0 Å².